The zero-order chi connectivity index (χ0) is 20.9. The van der Waals surface area contributed by atoms with Gasteiger partial charge in [0, 0.05) is 16.7 Å². The highest BCUT2D eigenvalue weighted by molar-refractivity contribution is 6.29. The second-order valence-corrected chi connectivity index (χ2v) is 6.86. The summed E-state index contributed by atoms with van der Waals surface area (Å²) in [6, 6.07) is 8.67. The first-order valence-electron chi connectivity index (χ1n) is 8.86. The topological polar surface area (TPSA) is 154 Å². The molecule has 0 amide bonds. The molecule has 5 atom stereocenters. The molecule has 0 saturated carbocycles. The van der Waals surface area contributed by atoms with Crippen molar-refractivity contribution in [1.29, 1.82) is 0 Å². The standard InChI is InChI=1S/C20H18O9/c21-7-12-16(25)17(26)18(27)20(28-12)29-19-11(22)6-5-10-13(19)15(24)9-4-2-1-3-8(9)14(10)23/h1-6,12,16-18,20-22,25-27H,7H2/t12-,16-,17+,18+,20?/m1/s1. The number of benzene rings is 2. The van der Waals surface area contributed by atoms with Gasteiger partial charge in [-0.15, -0.1) is 0 Å². The average Bonchev–Trinajstić information content (AvgIpc) is 2.73. The maximum atomic E-state index is 13.0. The van der Waals surface area contributed by atoms with E-state index in [9.17, 15) is 35.1 Å². The van der Waals surface area contributed by atoms with Crippen LogP contribution in [-0.2, 0) is 4.74 Å². The third kappa shape index (κ3) is 3.00. The molecule has 2 aromatic rings. The molecule has 2 aliphatic rings. The third-order valence-corrected chi connectivity index (χ3v) is 5.11. The van der Waals surface area contributed by atoms with Gasteiger partial charge < -0.3 is 35.0 Å². The highest BCUT2D eigenvalue weighted by atomic mass is 16.7. The fourth-order valence-electron chi connectivity index (χ4n) is 3.55. The number of aliphatic hydroxyl groups is 4. The Balaban J connectivity index is 1.77. The normalized spacial score (nSPS) is 28.6. The van der Waals surface area contributed by atoms with E-state index in [0.717, 1.165) is 6.07 Å². The molecule has 0 spiro atoms. The minimum absolute atomic E-state index is 0.00564. The molecule has 4 rings (SSSR count). The van der Waals surface area contributed by atoms with Crippen LogP contribution in [0.3, 0.4) is 0 Å². The van der Waals surface area contributed by atoms with Crippen LogP contribution in [0.15, 0.2) is 36.4 Å². The second-order valence-electron chi connectivity index (χ2n) is 6.86. The molecule has 9 nitrogen and oxygen atoms in total. The molecule has 1 aliphatic carbocycles. The fraction of sp³-hybridized carbons (Fsp3) is 0.300. The maximum absolute atomic E-state index is 13.0. The Morgan fingerprint density at radius 2 is 1.52 bits per heavy atom. The zero-order valence-electron chi connectivity index (χ0n) is 14.9. The van der Waals surface area contributed by atoms with Crippen LogP contribution < -0.4 is 4.74 Å². The van der Waals surface area contributed by atoms with E-state index in [0.29, 0.717) is 0 Å². The van der Waals surface area contributed by atoms with Crippen molar-refractivity contribution in [2.24, 2.45) is 0 Å². The summed E-state index contributed by atoms with van der Waals surface area (Å²) in [5.74, 6) is -1.89. The number of carbonyl (C=O) groups excluding carboxylic acids is 2. The summed E-state index contributed by atoms with van der Waals surface area (Å²) in [6.07, 6.45) is -7.90. The monoisotopic (exact) mass is 402 g/mol. The number of phenolic OH excluding ortho intramolecular Hbond substituents is 1. The van der Waals surface area contributed by atoms with Crippen molar-refractivity contribution in [3.8, 4) is 11.5 Å². The number of aliphatic hydroxyl groups excluding tert-OH is 4. The van der Waals surface area contributed by atoms with Gasteiger partial charge in [0.2, 0.25) is 6.29 Å². The number of ether oxygens (including phenoxy) is 2. The van der Waals surface area contributed by atoms with Crippen LogP contribution in [0.1, 0.15) is 31.8 Å². The summed E-state index contributed by atoms with van der Waals surface area (Å²) in [6.45, 7) is -0.672. The Morgan fingerprint density at radius 3 is 2.17 bits per heavy atom. The van der Waals surface area contributed by atoms with Crippen LogP contribution in [0.4, 0.5) is 0 Å². The molecule has 9 heteroatoms. The van der Waals surface area contributed by atoms with Crippen LogP contribution in [0.5, 0.6) is 11.5 Å². The van der Waals surface area contributed by atoms with Crippen LogP contribution in [0.2, 0.25) is 0 Å². The van der Waals surface area contributed by atoms with Gasteiger partial charge >= 0.3 is 0 Å². The van der Waals surface area contributed by atoms with Crippen molar-refractivity contribution in [3.63, 3.8) is 0 Å². The lowest BCUT2D eigenvalue weighted by Gasteiger charge is -2.39. The van der Waals surface area contributed by atoms with Gasteiger partial charge in [0.05, 0.1) is 12.2 Å². The van der Waals surface area contributed by atoms with Crippen LogP contribution in [0, 0.1) is 0 Å². The van der Waals surface area contributed by atoms with Gasteiger partial charge in [-0.05, 0) is 12.1 Å². The SMILES string of the molecule is O=C1c2ccccc2C(=O)c2c1ccc(O)c2OC1O[C@H](CO)[C@@H](O)[C@H](O)[C@@H]1O. The number of fused-ring (bicyclic) bond motifs is 2. The Morgan fingerprint density at radius 1 is 0.862 bits per heavy atom. The Kier molecular flexibility index (Phi) is 4.85. The summed E-state index contributed by atoms with van der Waals surface area (Å²) in [7, 11) is 0. The van der Waals surface area contributed by atoms with E-state index in [-0.39, 0.29) is 22.3 Å². The van der Waals surface area contributed by atoms with E-state index in [1.807, 2.05) is 0 Å². The van der Waals surface area contributed by atoms with Crippen molar-refractivity contribution < 1.29 is 44.6 Å². The number of aromatic hydroxyl groups is 1. The van der Waals surface area contributed by atoms with Gasteiger partial charge in [0.1, 0.15) is 24.4 Å². The van der Waals surface area contributed by atoms with Gasteiger partial charge in [-0.1, -0.05) is 24.3 Å². The first-order valence-corrected chi connectivity index (χ1v) is 8.86. The molecule has 152 valence electrons. The van der Waals surface area contributed by atoms with Crippen molar-refractivity contribution in [2.75, 3.05) is 6.61 Å². The largest absolute Gasteiger partial charge is 0.504 e. The fourth-order valence-corrected chi connectivity index (χ4v) is 3.55. The molecule has 2 aromatic carbocycles. The van der Waals surface area contributed by atoms with Crippen LogP contribution in [0.25, 0.3) is 0 Å². The van der Waals surface area contributed by atoms with Crippen LogP contribution >= 0.6 is 0 Å². The molecule has 5 N–H and O–H groups in total. The summed E-state index contributed by atoms with van der Waals surface area (Å²) < 4.78 is 10.8. The first kappa shape index (κ1) is 19.5. The van der Waals surface area contributed by atoms with Gasteiger partial charge in [-0.25, -0.2) is 0 Å². The molecular formula is C20H18O9. The summed E-state index contributed by atoms with van der Waals surface area (Å²) >= 11 is 0. The Bertz CT molecular complexity index is 984. The summed E-state index contributed by atoms with van der Waals surface area (Å²) in [5.41, 5.74) is 0.153. The first-order chi connectivity index (χ1) is 13.8. The molecular weight excluding hydrogens is 384 g/mol. The lowest BCUT2D eigenvalue weighted by Crippen LogP contribution is -2.60. The van der Waals surface area contributed by atoms with E-state index in [1.54, 1.807) is 12.1 Å². The number of phenols is 1. The minimum Gasteiger partial charge on any atom is -0.504 e. The number of hydrogen-bond acceptors (Lipinski definition) is 9. The van der Waals surface area contributed by atoms with Crippen molar-refractivity contribution in [3.05, 3.63) is 58.7 Å². The number of ketones is 2. The smallest absolute Gasteiger partial charge is 0.229 e. The highest BCUT2D eigenvalue weighted by Gasteiger charge is 2.45. The van der Waals surface area contributed by atoms with Gasteiger partial charge in [0.25, 0.3) is 0 Å². The summed E-state index contributed by atoms with van der Waals surface area (Å²) in [4.78, 5) is 25.8. The maximum Gasteiger partial charge on any atom is 0.229 e. The van der Waals surface area contributed by atoms with Gasteiger partial charge in [-0.3, -0.25) is 9.59 Å². The second kappa shape index (κ2) is 7.21. The molecule has 1 heterocycles. The van der Waals surface area contributed by atoms with Gasteiger partial charge in [-0.2, -0.15) is 0 Å². The molecule has 1 saturated heterocycles. The van der Waals surface area contributed by atoms with Crippen molar-refractivity contribution >= 4 is 11.6 Å². The number of carbonyl (C=O) groups is 2. The molecule has 1 aliphatic heterocycles. The van der Waals surface area contributed by atoms with Crippen LogP contribution in [-0.4, -0.2) is 74.4 Å². The number of rotatable bonds is 3. The quantitative estimate of drug-likeness (QED) is 0.384. The summed E-state index contributed by atoms with van der Waals surface area (Å²) in [5, 5.41) is 49.6. The van der Waals surface area contributed by atoms with Gasteiger partial charge in [0.15, 0.2) is 23.1 Å². The molecule has 29 heavy (non-hydrogen) atoms. The lowest BCUT2D eigenvalue weighted by molar-refractivity contribution is -0.277. The van der Waals surface area contributed by atoms with Crippen molar-refractivity contribution in [2.45, 2.75) is 30.7 Å². The lowest BCUT2D eigenvalue weighted by atomic mass is 9.83. The number of hydrogen-bond donors (Lipinski definition) is 5. The predicted octanol–water partition coefficient (Wildman–Crippen LogP) is -0.654. The molecule has 0 aromatic heterocycles. The van der Waals surface area contributed by atoms with E-state index >= 15 is 0 Å². The molecule has 0 bridgehead atoms. The zero-order valence-corrected chi connectivity index (χ0v) is 14.9. The molecule has 1 fully saturated rings. The molecule has 0 radical (unpaired) electrons. The third-order valence-electron chi connectivity index (χ3n) is 5.11. The Hall–Kier alpha value is -2.82. The highest BCUT2D eigenvalue weighted by Crippen LogP contribution is 2.40. The van der Waals surface area contributed by atoms with E-state index < -0.39 is 60.4 Å². The van der Waals surface area contributed by atoms with E-state index in [2.05, 4.69) is 0 Å². The Labute approximate surface area is 164 Å². The van der Waals surface area contributed by atoms with Crippen molar-refractivity contribution in [1.82, 2.24) is 0 Å². The van der Waals surface area contributed by atoms with E-state index in [4.69, 9.17) is 9.47 Å². The average molecular weight is 402 g/mol. The molecule has 1 unspecified atom stereocenters. The van der Waals surface area contributed by atoms with E-state index in [1.165, 1.54) is 18.2 Å². The minimum atomic E-state index is -1.75. The predicted molar refractivity (Wildman–Crippen MR) is 95.8 cm³/mol.